The van der Waals surface area contributed by atoms with Crippen molar-refractivity contribution in [2.45, 2.75) is 12.4 Å². The minimum atomic E-state index is -4.83. The normalized spacial score (nSPS) is 15.2. The summed E-state index contributed by atoms with van der Waals surface area (Å²) >= 11 is 0. The van der Waals surface area contributed by atoms with E-state index in [9.17, 15) is 35.9 Å². The molecule has 2 aromatic heterocycles. The van der Waals surface area contributed by atoms with Crippen LogP contribution in [0.3, 0.4) is 0 Å². The van der Waals surface area contributed by atoms with Crippen molar-refractivity contribution in [2.24, 2.45) is 0 Å². The number of nitrogens with zero attached hydrogens (tertiary/aromatic N) is 5. The number of piperazine rings is 1. The highest BCUT2D eigenvalue weighted by molar-refractivity contribution is 5.68. The van der Waals surface area contributed by atoms with Crippen molar-refractivity contribution in [1.82, 2.24) is 25.1 Å². The molecule has 3 heterocycles. The molecular weight excluding hydrogens is 462 g/mol. The van der Waals surface area contributed by atoms with Crippen molar-refractivity contribution in [1.29, 1.82) is 0 Å². The Morgan fingerprint density at radius 1 is 1.06 bits per heavy atom. The molecule has 1 aliphatic rings. The van der Waals surface area contributed by atoms with Crippen molar-refractivity contribution in [3.05, 3.63) is 51.7 Å². The molecule has 1 aliphatic heterocycles. The highest BCUT2D eigenvalue weighted by atomic mass is 19.4. The number of anilines is 1. The lowest BCUT2D eigenvalue weighted by molar-refractivity contribution is -0.139. The molecule has 0 atom stereocenters. The van der Waals surface area contributed by atoms with Crippen molar-refractivity contribution in [2.75, 3.05) is 37.7 Å². The Kier molecular flexibility index (Phi) is 6.88. The van der Waals surface area contributed by atoms with Gasteiger partial charge in [0.2, 0.25) is 5.95 Å². The quantitative estimate of drug-likeness (QED) is 0.674. The minimum Gasteiger partial charge on any atom is -0.445 e. The second-order valence-electron chi connectivity index (χ2n) is 6.76. The molecule has 0 aliphatic carbocycles. The smallest absolute Gasteiger partial charge is 0.421 e. The van der Waals surface area contributed by atoms with Gasteiger partial charge >= 0.3 is 18.4 Å². The third-order valence-corrected chi connectivity index (χ3v) is 4.51. The van der Waals surface area contributed by atoms with Crippen LogP contribution in [-0.2, 0) is 17.1 Å². The molecule has 1 amide bonds. The van der Waals surface area contributed by atoms with E-state index in [1.54, 1.807) is 10.00 Å². The first kappa shape index (κ1) is 24.0. The second-order valence-corrected chi connectivity index (χ2v) is 6.76. The average Bonchev–Trinajstić information content (AvgIpc) is 2.76. The van der Waals surface area contributed by atoms with E-state index in [1.165, 1.54) is 11.0 Å². The maximum Gasteiger partial charge on any atom is 0.421 e. The van der Waals surface area contributed by atoms with E-state index in [-0.39, 0.29) is 44.4 Å². The van der Waals surface area contributed by atoms with E-state index in [1.807, 2.05) is 0 Å². The predicted octanol–water partition coefficient (Wildman–Crippen LogP) is 2.57. The standard InChI is InChI=1S/C18H16F6N6O3/c19-17(20,21)11-9-25-15(26-10-11)29-3-5-30(6-4-29)16(32)33-7-1-2-12-8-13(18(22,23)24)14(31)28-27-12/h1-2,8-10H,3-7H2,(H,28,31)/b2-1+. The van der Waals surface area contributed by atoms with Gasteiger partial charge in [0.1, 0.15) is 12.2 Å². The van der Waals surface area contributed by atoms with Crippen LogP contribution in [0.2, 0.25) is 0 Å². The molecule has 1 saturated heterocycles. The van der Waals surface area contributed by atoms with Crippen LogP contribution in [0.1, 0.15) is 16.8 Å². The van der Waals surface area contributed by atoms with Crippen LogP contribution in [0, 0.1) is 0 Å². The van der Waals surface area contributed by atoms with Crippen LogP contribution in [0.25, 0.3) is 6.08 Å². The molecule has 0 radical (unpaired) electrons. The second kappa shape index (κ2) is 9.46. The Hall–Kier alpha value is -3.65. The van der Waals surface area contributed by atoms with E-state index in [0.717, 1.165) is 6.08 Å². The lowest BCUT2D eigenvalue weighted by Crippen LogP contribution is -2.49. The van der Waals surface area contributed by atoms with Gasteiger partial charge in [0, 0.05) is 38.6 Å². The van der Waals surface area contributed by atoms with Crippen molar-refractivity contribution < 1.29 is 35.9 Å². The largest absolute Gasteiger partial charge is 0.445 e. The van der Waals surface area contributed by atoms with Gasteiger partial charge in [0.05, 0.1) is 11.3 Å². The maximum absolute atomic E-state index is 12.7. The minimum absolute atomic E-state index is 0.102. The van der Waals surface area contributed by atoms with Crippen LogP contribution >= 0.6 is 0 Å². The van der Waals surface area contributed by atoms with E-state index in [0.29, 0.717) is 18.5 Å². The molecule has 0 unspecified atom stereocenters. The fourth-order valence-electron chi connectivity index (χ4n) is 2.82. The Morgan fingerprint density at radius 3 is 2.27 bits per heavy atom. The van der Waals surface area contributed by atoms with E-state index >= 15 is 0 Å². The molecule has 9 nitrogen and oxygen atoms in total. The summed E-state index contributed by atoms with van der Waals surface area (Å²) in [5, 5.41) is 5.20. The number of aromatic amines is 1. The topological polar surface area (TPSA) is 104 Å². The third kappa shape index (κ3) is 6.20. The van der Waals surface area contributed by atoms with Gasteiger partial charge in [0.15, 0.2) is 0 Å². The number of aromatic nitrogens is 4. The maximum atomic E-state index is 12.7. The lowest BCUT2D eigenvalue weighted by atomic mass is 10.2. The summed E-state index contributed by atoms with van der Waals surface area (Å²) in [7, 11) is 0. The molecule has 2 aromatic rings. The van der Waals surface area contributed by atoms with Crippen LogP contribution < -0.4 is 10.5 Å². The summed E-state index contributed by atoms with van der Waals surface area (Å²) in [5.74, 6) is 0.102. The zero-order valence-electron chi connectivity index (χ0n) is 16.7. The fourth-order valence-corrected chi connectivity index (χ4v) is 2.82. The molecule has 3 rings (SSSR count). The van der Waals surface area contributed by atoms with Gasteiger partial charge in [0.25, 0.3) is 5.56 Å². The molecule has 0 bridgehead atoms. The highest BCUT2D eigenvalue weighted by Crippen LogP contribution is 2.28. The zero-order valence-corrected chi connectivity index (χ0v) is 16.7. The zero-order chi connectivity index (χ0) is 24.2. The molecule has 1 N–H and O–H groups in total. The van der Waals surface area contributed by atoms with Gasteiger partial charge < -0.3 is 14.5 Å². The number of nitrogens with one attached hydrogen (secondary N) is 1. The van der Waals surface area contributed by atoms with Gasteiger partial charge in [-0.15, -0.1) is 0 Å². The molecule has 0 aromatic carbocycles. The van der Waals surface area contributed by atoms with Crippen LogP contribution in [0.5, 0.6) is 0 Å². The van der Waals surface area contributed by atoms with Gasteiger partial charge in [-0.25, -0.2) is 19.9 Å². The first-order valence-corrected chi connectivity index (χ1v) is 9.34. The Morgan fingerprint density at radius 2 is 1.70 bits per heavy atom. The Bertz CT molecular complexity index is 1060. The molecule has 178 valence electrons. The summed E-state index contributed by atoms with van der Waals surface area (Å²) in [6.45, 7) is 0.658. The van der Waals surface area contributed by atoms with E-state index in [2.05, 4.69) is 15.1 Å². The number of alkyl halides is 6. The van der Waals surface area contributed by atoms with Gasteiger partial charge in [-0.3, -0.25) is 4.79 Å². The number of ether oxygens (including phenoxy) is 1. The summed E-state index contributed by atoms with van der Waals surface area (Å²) in [6, 6.07) is 0.569. The molecule has 0 spiro atoms. The Labute approximate surface area is 181 Å². The first-order chi connectivity index (χ1) is 15.4. The SMILES string of the molecule is O=C(OC/C=C/c1cc(C(F)(F)F)c(=O)[nH]n1)N1CCN(c2ncc(C(F)(F)F)cn2)CC1. The van der Waals surface area contributed by atoms with E-state index in [4.69, 9.17) is 4.74 Å². The fraction of sp³-hybridized carbons (Fsp3) is 0.389. The van der Waals surface area contributed by atoms with Crippen LogP contribution in [0.15, 0.2) is 29.3 Å². The average molecular weight is 478 g/mol. The molecule has 0 saturated carbocycles. The summed E-state index contributed by atoms with van der Waals surface area (Å²) in [5.41, 5.74) is -3.91. The molecule has 33 heavy (non-hydrogen) atoms. The number of amides is 1. The van der Waals surface area contributed by atoms with Crippen molar-refractivity contribution >= 4 is 18.1 Å². The van der Waals surface area contributed by atoms with Crippen LogP contribution in [0.4, 0.5) is 37.1 Å². The van der Waals surface area contributed by atoms with Gasteiger partial charge in [-0.1, -0.05) is 0 Å². The molecule has 15 heteroatoms. The van der Waals surface area contributed by atoms with Crippen LogP contribution in [-0.4, -0.2) is 63.9 Å². The third-order valence-electron chi connectivity index (χ3n) is 4.51. The number of halogens is 6. The summed E-state index contributed by atoms with van der Waals surface area (Å²) in [4.78, 5) is 33.7. The van der Waals surface area contributed by atoms with Crippen molar-refractivity contribution in [3.63, 3.8) is 0 Å². The first-order valence-electron chi connectivity index (χ1n) is 9.34. The molecular formula is C18H16F6N6O3. The Balaban J connectivity index is 1.47. The monoisotopic (exact) mass is 478 g/mol. The summed E-state index contributed by atoms with van der Waals surface area (Å²) in [6.07, 6.45) is -6.28. The number of rotatable bonds is 4. The van der Waals surface area contributed by atoms with Crippen molar-refractivity contribution in [3.8, 4) is 0 Å². The number of hydrogen-bond acceptors (Lipinski definition) is 7. The van der Waals surface area contributed by atoms with Gasteiger partial charge in [-0.05, 0) is 18.2 Å². The number of H-pyrrole nitrogens is 1. The van der Waals surface area contributed by atoms with E-state index < -0.39 is 35.1 Å². The number of carbonyl (C=O) groups is 1. The predicted molar refractivity (Wildman–Crippen MR) is 101 cm³/mol. The summed E-state index contributed by atoms with van der Waals surface area (Å²) < 4.78 is 81.0. The van der Waals surface area contributed by atoms with Gasteiger partial charge in [-0.2, -0.15) is 31.4 Å². The highest BCUT2D eigenvalue weighted by Gasteiger charge is 2.34. The lowest BCUT2D eigenvalue weighted by Gasteiger charge is -2.34. The number of hydrogen-bond donors (Lipinski definition) is 1. The number of carbonyl (C=O) groups excluding carboxylic acids is 1. The molecule has 1 fully saturated rings.